The number of aromatic nitrogens is 3. The van der Waals surface area contributed by atoms with Crippen molar-refractivity contribution in [2.75, 3.05) is 13.1 Å². The summed E-state index contributed by atoms with van der Waals surface area (Å²) in [5.41, 5.74) is 5.65. The Morgan fingerprint density at radius 3 is 2.57 bits per heavy atom. The van der Waals surface area contributed by atoms with E-state index < -0.39 is 0 Å². The Labute approximate surface area is 165 Å². The molecule has 2 aromatic heterocycles. The van der Waals surface area contributed by atoms with Gasteiger partial charge < -0.3 is 4.90 Å². The third kappa shape index (κ3) is 3.93. The molecule has 28 heavy (non-hydrogen) atoms. The number of hydrogen-bond donors (Lipinski definition) is 0. The molecule has 1 aliphatic rings. The second-order valence-electron chi connectivity index (χ2n) is 7.42. The van der Waals surface area contributed by atoms with E-state index in [1.165, 1.54) is 11.1 Å². The third-order valence-corrected chi connectivity index (χ3v) is 5.21. The van der Waals surface area contributed by atoms with Gasteiger partial charge in [0.05, 0.1) is 11.9 Å². The van der Waals surface area contributed by atoms with E-state index in [0.717, 1.165) is 36.5 Å². The highest BCUT2D eigenvalue weighted by Gasteiger charge is 2.27. The molecule has 0 saturated carbocycles. The molecule has 0 radical (unpaired) electrons. The van der Waals surface area contributed by atoms with Crippen molar-refractivity contribution in [3.05, 3.63) is 77.6 Å². The standard InChI is InChI=1S/C23H24N4O/c1-16-11-20(18-7-4-3-5-8-18)12-21(26-16)19-9-6-10-27(15-19)23(28)22-14-24-17(2)13-25-22/h3-5,7-8,11-14,19H,6,9-10,15H2,1-2H3/t19-/m1/s1. The predicted octanol–water partition coefficient (Wildman–Crippen LogP) is 4.18. The van der Waals surface area contributed by atoms with Gasteiger partial charge in [0.25, 0.3) is 5.91 Å². The number of nitrogens with zero attached hydrogens (tertiary/aromatic N) is 4. The van der Waals surface area contributed by atoms with Gasteiger partial charge in [0.15, 0.2) is 0 Å². The Kier molecular flexibility index (Phi) is 5.15. The molecule has 0 spiro atoms. The van der Waals surface area contributed by atoms with Crippen LogP contribution in [0.25, 0.3) is 11.1 Å². The molecule has 4 rings (SSSR count). The number of carbonyl (C=O) groups excluding carboxylic acids is 1. The zero-order valence-electron chi connectivity index (χ0n) is 16.3. The maximum absolute atomic E-state index is 12.8. The molecule has 1 amide bonds. The zero-order valence-corrected chi connectivity index (χ0v) is 16.3. The van der Waals surface area contributed by atoms with Crippen LogP contribution in [0, 0.1) is 13.8 Å². The van der Waals surface area contributed by atoms with Crippen molar-refractivity contribution in [1.82, 2.24) is 19.9 Å². The van der Waals surface area contributed by atoms with Crippen LogP contribution < -0.4 is 0 Å². The maximum Gasteiger partial charge on any atom is 0.274 e. The summed E-state index contributed by atoms with van der Waals surface area (Å²) in [5.74, 6) is 0.187. The Hall–Kier alpha value is -3.08. The topological polar surface area (TPSA) is 59.0 Å². The molecular formula is C23H24N4O. The van der Waals surface area contributed by atoms with Crippen molar-refractivity contribution >= 4 is 5.91 Å². The van der Waals surface area contributed by atoms with Crippen LogP contribution in [0.2, 0.25) is 0 Å². The molecule has 1 aliphatic heterocycles. The first-order valence-corrected chi connectivity index (χ1v) is 9.72. The molecule has 5 heteroatoms. The Bertz CT molecular complexity index is 970. The van der Waals surface area contributed by atoms with Crippen LogP contribution in [0.4, 0.5) is 0 Å². The van der Waals surface area contributed by atoms with Crippen molar-refractivity contribution < 1.29 is 4.79 Å². The molecule has 1 atom stereocenters. The highest BCUT2D eigenvalue weighted by Crippen LogP contribution is 2.30. The lowest BCUT2D eigenvalue weighted by molar-refractivity contribution is 0.0699. The number of piperidine rings is 1. The summed E-state index contributed by atoms with van der Waals surface area (Å²) in [4.78, 5) is 28.0. The Morgan fingerprint density at radius 1 is 1.00 bits per heavy atom. The van der Waals surface area contributed by atoms with Gasteiger partial charge in [-0.05, 0) is 49.9 Å². The van der Waals surface area contributed by atoms with E-state index in [1.807, 2.05) is 36.9 Å². The van der Waals surface area contributed by atoms with Crippen LogP contribution in [0.5, 0.6) is 0 Å². The van der Waals surface area contributed by atoms with Gasteiger partial charge in [0.1, 0.15) is 5.69 Å². The Morgan fingerprint density at radius 2 is 1.82 bits per heavy atom. The summed E-state index contributed by atoms with van der Waals surface area (Å²) in [6.45, 7) is 5.32. The first kappa shape index (κ1) is 18.3. The van der Waals surface area contributed by atoms with Gasteiger partial charge >= 0.3 is 0 Å². The van der Waals surface area contributed by atoms with E-state index in [4.69, 9.17) is 4.98 Å². The van der Waals surface area contributed by atoms with Crippen molar-refractivity contribution in [2.24, 2.45) is 0 Å². The molecule has 1 fully saturated rings. The molecular weight excluding hydrogens is 348 g/mol. The molecule has 142 valence electrons. The number of pyridine rings is 1. The van der Waals surface area contributed by atoms with Crippen LogP contribution in [0.3, 0.4) is 0 Å². The van der Waals surface area contributed by atoms with Crippen molar-refractivity contribution in [2.45, 2.75) is 32.6 Å². The summed E-state index contributed by atoms with van der Waals surface area (Å²) in [6, 6.07) is 14.6. The van der Waals surface area contributed by atoms with Gasteiger partial charge in [-0.1, -0.05) is 30.3 Å². The highest BCUT2D eigenvalue weighted by atomic mass is 16.2. The predicted molar refractivity (Wildman–Crippen MR) is 109 cm³/mol. The first-order chi connectivity index (χ1) is 13.6. The quantitative estimate of drug-likeness (QED) is 0.692. The lowest BCUT2D eigenvalue weighted by Crippen LogP contribution is -2.39. The minimum Gasteiger partial charge on any atom is -0.337 e. The van der Waals surface area contributed by atoms with Crippen LogP contribution >= 0.6 is 0 Å². The monoisotopic (exact) mass is 372 g/mol. The number of hydrogen-bond acceptors (Lipinski definition) is 4. The minimum atomic E-state index is -0.0480. The van der Waals surface area contributed by atoms with Gasteiger partial charge in [-0.15, -0.1) is 0 Å². The number of likely N-dealkylation sites (tertiary alicyclic amines) is 1. The van der Waals surface area contributed by atoms with Crippen LogP contribution in [-0.4, -0.2) is 38.8 Å². The fourth-order valence-electron chi connectivity index (χ4n) is 3.77. The van der Waals surface area contributed by atoms with Gasteiger partial charge in [-0.25, -0.2) is 4.98 Å². The van der Waals surface area contributed by atoms with Crippen LogP contribution in [-0.2, 0) is 0 Å². The third-order valence-electron chi connectivity index (χ3n) is 5.21. The molecule has 0 unspecified atom stereocenters. The number of amides is 1. The summed E-state index contributed by atoms with van der Waals surface area (Å²) < 4.78 is 0. The molecule has 0 bridgehead atoms. The second kappa shape index (κ2) is 7.89. The van der Waals surface area contributed by atoms with Gasteiger partial charge in [0.2, 0.25) is 0 Å². The Balaban J connectivity index is 1.57. The summed E-state index contributed by atoms with van der Waals surface area (Å²) in [7, 11) is 0. The van der Waals surface area contributed by atoms with Crippen molar-refractivity contribution in [3.8, 4) is 11.1 Å². The van der Waals surface area contributed by atoms with Gasteiger partial charge in [0, 0.05) is 36.6 Å². The summed E-state index contributed by atoms with van der Waals surface area (Å²) in [6.07, 6.45) is 5.21. The average Bonchev–Trinajstić information content (AvgIpc) is 2.74. The zero-order chi connectivity index (χ0) is 19.5. The fraction of sp³-hybridized carbons (Fsp3) is 0.304. The van der Waals surface area contributed by atoms with Crippen LogP contribution in [0.1, 0.15) is 46.3 Å². The maximum atomic E-state index is 12.8. The summed E-state index contributed by atoms with van der Waals surface area (Å²) in [5, 5.41) is 0. The summed E-state index contributed by atoms with van der Waals surface area (Å²) >= 11 is 0. The number of benzene rings is 1. The molecule has 1 saturated heterocycles. The highest BCUT2D eigenvalue weighted by molar-refractivity contribution is 5.92. The lowest BCUT2D eigenvalue weighted by Gasteiger charge is -2.32. The van der Waals surface area contributed by atoms with Gasteiger partial charge in [-0.2, -0.15) is 0 Å². The van der Waals surface area contributed by atoms with E-state index in [2.05, 4.69) is 34.2 Å². The fourth-order valence-corrected chi connectivity index (χ4v) is 3.77. The molecule has 0 aliphatic carbocycles. The lowest BCUT2D eigenvalue weighted by atomic mass is 9.92. The largest absolute Gasteiger partial charge is 0.337 e. The van der Waals surface area contributed by atoms with Crippen LogP contribution in [0.15, 0.2) is 54.9 Å². The van der Waals surface area contributed by atoms with Crippen molar-refractivity contribution in [1.29, 1.82) is 0 Å². The normalized spacial score (nSPS) is 16.8. The minimum absolute atomic E-state index is 0.0480. The molecule has 0 N–H and O–H groups in total. The van der Waals surface area contributed by atoms with E-state index in [-0.39, 0.29) is 11.8 Å². The smallest absolute Gasteiger partial charge is 0.274 e. The van der Waals surface area contributed by atoms with E-state index in [0.29, 0.717) is 12.2 Å². The molecule has 5 nitrogen and oxygen atoms in total. The average molecular weight is 372 g/mol. The van der Waals surface area contributed by atoms with E-state index in [9.17, 15) is 4.79 Å². The number of rotatable bonds is 3. The second-order valence-corrected chi connectivity index (χ2v) is 7.42. The molecule has 1 aromatic carbocycles. The SMILES string of the molecule is Cc1cnc(C(=O)N2CCC[C@@H](c3cc(-c4ccccc4)cc(C)n3)C2)cn1. The van der Waals surface area contributed by atoms with Gasteiger partial charge in [-0.3, -0.25) is 14.8 Å². The molecule has 3 heterocycles. The first-order valence-electron chi connectivity index (χ1n) is 9.72. The number of aryl methyl sites for hydroxylation is 2. The number of carbonyl (C=O) groups is 1. The van der Waals surface area contributed by atoms with Crippen molar-refractivity contribution in [3.63, 3.8) is 0 Å². The van der Waals surface area contributed by atoms with E-state index in [1.54, 1.807) is 12.4 Å². The van der Waals surface area contributed by atoms with E-state index >= 15 is 0 Å². The molecule has 3 aromatic rings.